The lowest BCUT2D eigenvalue weighted by Crippen LogP contribution is -2.13. The molecule has 6 heteroatoms. The van der Waals surface area contributed by atoms with Gasteiger partial charge >= 0.3 is 0 Å². The van der Waals surface area contributed by atoms with Gasteiger partial charge in [0.25, 0.3) is 0 Å². The molecule has 0 atom stereocenters. The van der Waals surface area contributed by atoms with Crippen LogP contribution in [0.1, 0.15) is 11.1 Å². The number of benzene rings is 1. The van der Waals surface area contributed by atoms with Gasteiger partial charge in [0.05, 0.1) is 21.3 Å². The van der Waals surface area contributed by atoms with E-state index in [9.17, 15) is 0 Å². The average molecular weight is 325 g/mol. The maximum Gasteiger partial charge on any atom is 0.203 e. The summed E-state index contributed by atoms with van der Waals surface area (Å²) in [5.74, 6) is 1.94. The lowest BCUT2D eigenvalue weighted by molar-refractivity contribution is 0.323. The fourth-order valence-electron chi connectivity index (χ4n) is 2.09. The van der Waals surface area contributed by atoms with Gasteiger partial charge in [0.1, 0.15) is 0 Å². The van der Waals surface area contributed by atoms with Crippen molar-refractivity contribution in [3.8, 4) is 17.2 Å². The smallest absolute Gasteiger partial charge is 0.203 e. The van der Waals surface area contributed by atoms with Gasteiger partial charge in [-0.05, 0) is 35.4 Å². The van der Waals surface area contributed by atoms with E-state index in [0.29, 0.717) is 23.8 Å². The first-order valence-electron chi connectivity index (χ1n) is 6.67. The lowest BCUT2D eigenvalue weighted by Gasteiger charge is -2.14. The molecule has 120 valence electrons. The van der Waals surface area contributed by atoms with E-state index in [1.807, 2.05) is 24.3 Å². The third-order valence-corrected chi connectivity index (χ3v) is 3.13. The third-order valence-electron chi connectivity index (χ3n) is 3.13. The molecule has 0 spiro atoms. The Balaban J connectivity index is 0.00000242. The van der Waals surface area contributed by atoms with E-state index < -0.39 is 0 Å². The standard InChI is InChI=1S/C16H20N2O3.ClH/c1-19-14-8-13(9-15(20-2)16(14)21-3)11-18-10-12-4-6-17-7-5-12;/h4-9,18H,10-11H2,1-3H3;1H. The minimum absolute atomic E-state index is 0. The number of nitrogens with zero attached hydrogens (tertiary/aromatic N) is 1. The number of ether oxygens (including phenoxy) is 3. The van der Waals surface area contributed by atoms with Crippen molar-refractivity contribution in [2.24, 2.45) is 0 Å². The van der Waals surface area contributed by atoms with Crippen LogP contribution in [0, 0.1) is 0 Å². The summed E-state index contributed by atoms with van der Waals surface area (Å²) in [5.41, 5.74) is 2.26. The summed E-state index contributed by atoms with van der Waals surface area (Å²) in [6.45, 7) is 1.48. The molecule has 0 radical (unpaired) electrons. The van der Waals surface area contributed by atoms with E-state index in [4.69, 9.17) is 14.2 Å². The zero-order chi connectivity index (χ0) is 15.1. The fourth-order valence-corrected chi connectivity index (χ4v) is 2.09. The maximum absolute atomic E-state index is 5.34. The Labute approximate surface area is 137 Å². The molecule has 2 aromatic rings. The van der Waals surface area contributed by atoms with Gasteiger partial charge in [-0.25, -0.2) is 0 Å². The van der Waals surface area contributed by atoms with Crippen LogP contribution >= 0.6 is 12.4 Å². The zero-order valence-corrected chi connectivity index (χ0v) is 13.8. The molecular weight excluding hydrogens is 304 g/mol. The van der Waals surface area contributed by atoms with E-state index in [1.54, 1.807) is 33.7 Å². The number of pyridine rings is 1. The molecule has 1 heterocycles. The number of methoxy groups -OCH3 is 3. The highest BCUT2D eigenvalue weighted by Gasteiger charge is 2.12. The Kier molecular flexibility index (Phi) is 7.49. The summed E-state index contributed by atoms with van der Waals surface area (Å²) >= 11 is 0. The summed E-state index contributed by atoms with van der Waals surface area (Å²) in [5, 5.41) is 3.38. The second-order valence-electron chi connectivity index (χ2n) is 4.49. The van der Waals surface area contributed by atoms with Gasteiger partial charge in [0.2, 0.25) is 5.75 Å². The van der Waals surface area contributed by atoms with Crippen LogP contribution in [0.15, 0.2) is 36.7 Å². The summed E-state index contributed by atoms with van der Waals surface area (Å²) in [4.78, 5) is 4.00. The maximum atomic E-state index is 5.34. The van der Waals surface area contributed by atoms with Crippen LogP contribution in [0.5, 0.6) is 17.2 Å². The topological polar surface area (TPSA) is 52.6 Å². The van der Waals surface area contributed by atoms with E-state index in [0.717, 1.165) is 12.1 Å². The first-order valence-corrected chi connectivity index (χ1v) is 6.67. The number of nitrogens with one attached hydrogen (secondary N) is 1. The van der Waals surface area contributed by atoms with E-state index >= 15 is 0 Å². The Bertz CT molecular complexity index is 554. The second-order valence-corrected chi connectivity index (χ2v) is 4.49. The summed E-state index contributed by atoms with van der Waals surface area (Å²) < 4.78 is 16.0. The average Bonchev–Trinajstić information content (AvgIpc) is 2.54. The molecule has 0 saturated heterocycles. The molecule has 22 heavy (non-hydrogen) atoms. The van der Waals surface area contributed by atoms with E-state index in [-0.39, 0.29) is 12.4 Å². The Morgan fingerprint density at radius 1 is 0.864 bits per heavy atom. The number of aromatic nitrogens is 1. The molecular formula is C16H21ClN2O3. The lowest BCUT2D eigenvalue weighted by atomic mass is 10.1. The van der Waals surface area contributed by atoms with Crippen molar-refractivity contribution in [1.82, 2.24) is 10.3 Å². The Morgan fingerprint density at radius 2 is 1.41 bits per heavy atom. The molecule has 0 aliphatic heterocycles. The number of rotatable bonds is 7. The van der Waals surface area contributed by atoms with Gasteiger partial charge in [0, 0.05) is 25.5 Å². The number of hydrogen-bond acceptors (Lipinski definition) is 5. The van der Waals surface area contributed by atoms with Crippen LogP contribution in [0.3, 0.4) is 0 Å². The Morgan fingerprint density at radius 3 is 1.91 bits per heavy atom. The van der Waals surface area contributed by atoms with Crippen molar-refractivity contribution < 1.29 is 14.2 Å². The van der Waals surface area contributed by atoms with Gasteiger partial charge in [0.15, 0.2) is 11.5 Å². The molecule has 1 N–H and O–H groups in total. The number of hydrogen-bond donors (Lipinski definition) is 1. The molecule has 0 unspecified atom stereocenters. The molecule has 5 nitrogen and oxygen atoms in total. The predicted octanol–water partition coefficient (Wildman–Crippen LogP) is 2.82. The van der Waals surface area contributed by atoms with Gasteiger partial charge < -0.3 is 19.5 Å². The van der Waals surface area contributed by atoms with Crippen molar-refractivity contribution in [1.29, 1.82) is 0 Å². The van der Waals surface area contributed by atoms with Crippen molar-refractivity contribution in [2.75, 3.05) is 21.3 Å². The van der Waals surface area contributed by atoms with Crippen LogP contribution in [0.2, 0.25) is 0 Å². The van der Waals surface area contributed by atoms with Crippen LogP contribution in [-0.4, -0.2) is 26.3 Å². The van der Waals surface area contributed by atoms with Crippen molar-refractivity contribution in [3.05, 3.63) is 47.8 Å². The second kappa shape index (κ2) is 9.12. The normalized spacial score (nSPS) is 9.77. The zero-order valence-electron chi connectivity index (χ0n) is 13.0. The van der Waals surface area contributed by atoms with Crippen molar-refractivity contribution in [3.63, 3.8) is 0 Å². The van der Waals surface area contributed by atoms with Crippen molar-refractivity contribution >= 4 is 12.4 Å². The van der Waals surface area contributed by atoms with Gasteiger partial charge in [-0.3, -0.25) is 4.98 Å². The predicted molar refractivity (Wildman–Crippen MR) is 88.1 cm³/mol. The molecule has 0 amide bonds. The molecule has 1 aromatic carbocycles. The fraction of sp³-hybridized carbons (Fsp3) is 0.312. The minimum Gasteiger partial charge on any atom is -0.493 e. The van der Waals surface area contributed by atoms with Crippen LogP contribution < -0.4 is 19.5 Å². The minimum atomic E-state index is 0. The van der Waals surface area contributed by atoms with Gasteiger partial charge in [-0.2, -0.15) is 0 Å². The van der Waals surface area contributed by atoms with Crippen molar-refractivity contribution in [2.45, 2.75) is 13.1 Å². The van der Waals surface area contributed by atoms with Gasteiger partial charge in [-0.15, -0.1) is 12.4 Å². The van der Waals surface area contributed by atoms with Gasteiger partial charge in [-0.1, -0.05) is 0 Å². The highest BCUT2D eigenvalue weighted by atomic mass is 35.5. The summed E-state index contributed by atoms with van der Waals surface area (Å²) in [6.07, 6.45) is 3.58. The monoisotopic (exact) mass is 324 g/mol. The highest BCUT2D eigenvalue weighted by molar-refractivity contribution is 5.85. The Hall–Kier alpha value is -1.98. The quantitative estimate of drug-likeness (QED) is 0.848. The number of halogens is 1. The van der Waals surface area contributed by atoms with Crippen LogP contribution in [-0.2, 0) is 13.1 Å². The molecule has 0 fully saturated rings. The highest BCUT2D eigenvalue weighted by Crippen LogP contribution is 2.38. The first-order chi connectivity index (χ1) is 10.3. The summed E-state index contributed by atoms with van der Waals surface area (Å²) in [7, 11) is 4.83. The molecule has 0 aliphatic rings. The van der Waals surface area contributed by atoms with E-state index in [1.165, 1.54) is 5.56 Å². The molecule has 2 rings (SSSR count). The van der Waals surface area contributed by atoms with Crippen LogP contribution in [0.25, 0.3) is 0 Å². The molecule has 1 aromatic heterocycles. The third kappa shape index (κ3) is 4.51. The molecule has 0 bridgehead atoms. The van der Waals surface area contributed by atoms with Crippen LogP contribution in [0.4, 0.5) is 0 Å². The summed E-state index contributed by atoms with van der Waals surface area (Å²) in [6, 6.07) is 7.87. The largest absolute Gasteiger partial charge is 0.493 e. The SMILES string of the molecule is COc1cc(CNCc2ccncc2)cc(OC)c1OC.Cl. The molecule has 0 saturated carbocycles. The molecule has 0 aliphatic carbocycles. The first kappa shape index (κ1) is 18.1. The van der Waals surface area contributed by atoms with E-state index in [2.05, 4.69) is 10.3 Å².